The molecule has 3 rings (SSSR count). The van der Waals surface area contributed by atoms with E-state index in [1.807, 2.05) is 6.07 Å². The van der Waals surface area contributed by atoms with Crippen molar-refractivity contribution in [1.82, 2.24) is 4.90 Å². The van der Waals surface area contributed by atoms with Crippen LogP contribution < -0.4 is 10.4 Å². The van der Waals surface area contributed by atoms with E-state index in [9.17, 15) is 24.8 Å². The fourth-order valence-corrected chi connectivity index (χ4v) is 4.26. The van der Waals surface area contributed by atoms with Gasteiger partial charge in [0.15, 0.2) is 0 Å². The minimum atomic E-state index is -0.652. The van der Waals surface area contributed by atoms with Crippen molar-refractivity contribution in [3.63, 3.8) is 0 Å². The summed E-state index contributed by atoms with van der Waals surface area (Å²) in [5.74, 6) is -1.29. The van der Waals surface area contributed by atoms with Crippen molar-refractivity contribution < 1.29 is 19.6 Å². The van der Waals surface area contributed by atoms with Crippen LogP contribution in [0.25, 0.3) is 6.08 Å². The smallest absolute Gasteiger partial charge is 0.271 e. The molecule has 0 aliphatic carbocycles. The maximum absolute atomic E-state index is 12.6. The topological polar surface area (TPSA) is 116 Å². The summed E-state index contributed by atoms with van der Waals surface area (Å²) in [7, 11) is 0. The molecule has 11 heteroatoms. The lowest BCUT2D eigenvalue weighted by molar-refractivity contribution is -0.385. The average molecular weight is 477 g/mol. The standard InChI is InChI=1S/C20H16ClN3O5S2/c21-14-5-2-1-4-12(14)10-17-19(27)23(20(30)31-17)9-3-6-18(26)22-15-11-13(24(28)29)7-8-16(15)25/h1-2,4-5,7-8,10-11,25H,3,6,9H2,(H,22,26)/p-1/b17-10+. The second-order valence-corrected chi connectivity index (χ2v) is 8.53. The predicted octanol–water partition coefficient (Wildman–Crippen LogP) is 3.94. The number of hydrogen-bond donors (Lipinski definition) is 1. The van der Waals surface area contributed by atoms with Crippen LogP contribution in [-0.4, -0.2) is 32.5 Å². The number of carbonyl (C=O) groups is 2. The third kappa shape index (κ3) is 5.60. The summed E-state index contributed by atoms with van der Waals surface area (Å²) in [6, 6.07) is 10.2. The number of rotatable bonds is 7. The van der Waals surface area contributed by atoms with E-state index in [1.54, 1.807) is 24.3 Å². The number of halogens is 1. The summed E-state index contributed by atoms with van der Waals surface area (Å²) in [5.41, 5.74) is 0.250. The predicted molar refractivity (Wildman–Crippen MR) is 122 cm³/mol. The normalized spacial score (nSPS) is 14.9. The number of benzene rings is 2. The third-order valence-electron chi connectivity index (χ3n) is 4.30. The first kappa shape index (κ1) is 22.7. The summed E-state index contributed by atoms with van der Waals surface area (Å²) in [6.45, 7) is 0.219. The zero-order valence-corrected chi connectivity index (χ0v) is 18.3. The van der Waals surface area contributed by atoms with Crippen LogP contribution in [0.5, 0.6) is 5.75 Å². The van der Waals surface area contributed by atoms with Gasteiger partial charge in [0, 0.05) is 35.8 Å². The van der Waals surface area contributed by atoms with Crippen LogP contribution in [-0.2, 0) is 9.59 Å². The minimum absolute atomic E-state index is 0.00273. The van der Waals surface area contributed by atoms with E-state index in [1.165, 1.54) is 4.90 Å². The molecule has 8 nitrogen and oxygen atoms in total. The Bertz CT molecular complexity index is 1110. The molecule has 1 heterocycles. The van der Waals surface area contributed by atoms with Gasteiger partial charge in [-0.1, -0.05) is 65.6 Å². The Morgan fingerprint density at radius 2 is 2.03 bits per heavy atom. The van der Waals surface area contributed by atoms with Gasteiger partial charge in [0.25, 0.3) is 11.6 Å². The molecule has 0 saturated carbocycles. The Morgan fingerprint density at radius 3 is 2.74 bits per heavy atom. The molecule has 1 N–H and O–H groups in total. The SMILES string of the molecule is O=C(CCCN1C(=O)/C(=C\c2ccccc2Cl)SC1=S)Nc1cc([N+](=O)[O-])ccc1[O-]. The van der Waals surface area contributed by atoms with Crippen molar-refractivity contribution >= 4 is 69.2 Å². The van der Waals surface area contributed by atoms with E-state index in [4.69, 9.17) is 23.8 Å². The molecular formula is C20H15ClN3O5S2-. The molecule has 0 aromatic heterocycles. The lowest BCUT2D eigenvalue weighted by atomic mass is 10.2. The van der Waals surface area contributed by atoms with E-state index >= 15 is 0 Å². The van der Waals surface area contributed by atoms with Crippen molar-refractivity contribution in [3.8, 4) is 5.75 Å². The summed E-state index contributed by atoms with van der Waals surface area (Å²) >= 11 is 12.6. The van der Waals surface area contributed by atoms with Crippen LogP contribution >= 0.6 is 35.6 Å². The Balaban J connectivity index is 1.57. The van der Waals surface area contributed by atoms with Gasteiger partial charge in [-0.3, -0.25) is 24.6 Å². The molecule has 1 fully saturated rings. The fourth-order valence-electron chi connectivity index (χ4n) is 2.77. The molecule has 31 heavy (non-hydrogen) atoms. The zero-order chi connectivity index (χ0) is 22.5. The molecule has 0 spiro atoms. The molecule has 1 aliphatic rings. The number of nitro groups is 1. The Morgan fingerprint density at radius 1 is 1.29 bits per heavy atom. The maximum atomic E-state index is 12.6. The van der Waals surface area contributed by atoms with Gasteiger partial charge in [-0.25, -0.2) is 0 Å². The Kier molecular flexibility index (Phi) is 7.26. The first-order chi connectivity index (χ1) is 14.8. The fraction of sp³-hybridized carbons (Fsp3) is 0.150. The van der Waals surface area contributed by atoms with Crippen molar-refractivity contribution in [2.75, 3.05) is 11.9 Å². The van der Waals surface area contributed by atoms with Crippen LogP contribution in [0, 0.1) is 10.1 Å². The number of amides is 2. The lowest BCUT2D eigenvalue weighted by Crippen LogP contribution is -2.29. The number of nitrogens with one attached hydrogen (secondary N) is 1. The molecule has 160 valence electrons. The van der Waals surface area contributed by atoms with Gasteiger partial charge in [0.05, 0.1) is 9.83 Å². The van der Waals surface area contributed by atoms with Crippen LogP contribution in [0.15, 0.2) is 47.4 Å². The third-order valence-corrected chi connectivity index (χ3v) is 6.02. The molecule has 0 unspecified atom stereocenters. The number of thiocarbonyl (C=S) groups is 1. The van der Waals surface area contributed by atoms with Crippen LogP contribution in [0.4, 0.5) is 11.4 Å². The highest BCUT2D eigenvalue weighted by Crippen LogP contribution is 2.34. The van der Waals surface area contributed by atoms with Crippen molar-refractivity contribution in [3.05, 3.63) is 68.1 Å². The van der Waals surface area contributed by atoms with Gasteiger partial charge in [-0.05, 0) is 24.1 Å². The number of carbonyl (C=O) groups excluding carboxylic acids is 2. The van der Waals surface area contributed by atoms with Crippen LogP contribution in [0.2, 0.25) is 5.02 Å². The van der Waals surface area contributed by atoms with Crippen molar-refractivity contribution in [1.29, 1.82) is 0 Å². The zero-order valence-electron chi connectivity index (χ0n) is 15.9. The number of anilines is 1. The molecule has 1 saturated heterocycles. The second kappa shape index (κ2) is 9.90. The van der Waals surface area contributed by atoms with Crippen molar-refractivity contribution in [2.24, 2.45) is 0 Å². The lowest BCUT2D eigenvalue weighted by Gasteiger charge is -2.16. The van der Waals surface area contributed by atoms with Gasteiger partial charge in [-0.2, -0.15) is 0 Å². The van der Waals surface area contributed by atoms with Gasteiger partial charge >= 0.3 is 0 Å². The summed E-state index contributed by atoms with van der Waals surface area (Å²) in [6.07, 6.45) is 1.97. The largest absolute Gasteiger partial charge is 0.871 e. The van der Waals surface area contributed by atoms with Crippen LogP contribution in [0.1, 0.15) is 18.4 Å². The maximum Gasteiger partial charge on any atom is 0.271 e. The number of non-ortho nitro benzene ring substituents is 1. The van der Waals surface area contributed by atoms with Crippen molar-refractivity contribution in [2.45, 2.75) is 12.8 Å². The molecule has 2 aromatic rings. The molecule has 0 atom stereocenters. The quantitative estimate of drug-likeness (QED) is 0.278. The summed E-state index contributed by atoms with van der Waals surface area (Å²) < 4.78 is 0.379. The van der Waals surface area contributed by atoms with Gasteiger partial charge in [0.2, 0.25) is 5.91 Å². The number of hydrogen-bond acceptors (Lipinski definition) is 7. The van der Waals surface area contributed by atoms with Crippen LogP contribution in [0.3, 0.4) is 0 Å². The van der Waals surface area contributed by atoms with Gasteiger partial charge in [0.1, 0.15) is 4.32 Å². The highest BCUT2D eigenvalue weighted by atomic mass is 35.5. The molecule has 2 amide bonds. The minimum Gasteiger partial charge on any atom is -0.871 e. The monoisotopic (exact) mass is 476 g/mol. The first-order valence-corrected chi connectivity index (χ1v) is 10.6. The van der Waals surface area contributed by atoms with E-state index < -0.39 is 16.6 Å². The molecule has 0 bridgehead atoms. The van der Waals surface area contributed by atoms with E-state index in [2.05, 4.69) is 5.32 Å². The number of thioether (sulfide) groups is 1. The number of nitrogens with zero attached hydrogens (tertiary/aromatic N) is 2. The molecule has 2 aromatic carbocycles. The summed E-state index contributed by atoms with van der Waals surface area (Å²) in [4.78, 5) is 36.8. The van der Waals surface area contributed by atoms with E-state index in [0.717, 1.165) is 30.0 Å². The Labute approximate surface area is 192 Å². The molecular weight excluding hydrogens is 462 g/mol. The Hall–Kier alpha value is -2.95. The summed E-state index contributed by atoms with van der Waals surface area (Å²) in [5, 5.41) is 25.5. The average Bonchev–Trinajstić information content (AvgIpc) is 2.98. The highest BCUT2D eigenvalue weighted by molar-refractivity contribution is 8.26. The first-order valence-electron chi connectivity index (χ1n) is 9.01. The van der Waals surface area contributed by atoms with Gasteiger partial charge < -0.3 is 10.4 Å². The van der Waals surface area contributed by atoms with Gasteiger partial charge in [-0.15, -0.1) is 0 Å². The molecule has 0 radical (unpaired) electrons. The molecule has 1 aliphatic heterocycles. The number of nitro benzene ring substituents is 1. The second-order valence-electron chi connectivity index (χ2n) is 6.44. The van der Waals surface area contributed by atoms with E-state index in [-0.39, 0.29) is 30.2 Å². The van der Waals surface area contributed by atoms with E-state index in [0.29, 0.717) is 26.2 Å². The highest BCUT2D eigenvalue weighted by Gasteiger charge is 2.31.